The van der Waals surface area contributed by atoms with Crippen molar-refractivity contribution in [2.75, 3.05) is 25.0 Å². The van der Waals surface area contributed by atoms with Crippen LogP contribution in [0, 0.1) is 0 Å². The van der Waals surface area contributed by atoms with Gasteiger partial charge in [-0.05, 0) is 55.8 Å². The van der Waals surface area contributed by atoms with Gasteiger partial charge in [0.1, 0.15) is 0 Å². The van der Waals surface area contributed by atoms with Crippen molar-refractivity contribution in [1.82, 2.24) is 19.6 Å². The summed E-state index contributed by atoms with van der Waals surface area (Å²) < 4.78 is 7.01. The van der Waals surface area contributed by atoms with E-state index in [0.717, 1.165) is 57.9 Å². The minimum atomic E-state index is -0.0483. The van der Waals surface area contributed by atoms with E-state index in [-0.39, 0.29) is 11.6 Å². The highest BCUT2D eigenvalue weighted by atomic mass is 16.5. The number of rotatable bonds is 4. The molecule has 1 amide bonds. The fourth-order valence-electron chi connectivity index (χ4n) is 5.33. The van der Waals surface area contributed by atoms with E-state index in [1.807, 2.05) is 11.8 Å². The van der Waals surface area contributed by atoms with Crippen molar-refractivity contribution in [2.45, 2.75) is 57.9 Å². The molecule has 1 N–H and O–H groups in total. The zero-order chi connectivity index (χ0) is 21.4. The first-order chi connectivity index (χ1) is 15.0. The average molecular weight is 422 g/mol. The molecule has 2 aromatic rings. The molecule has 0 bridgehead atoms. The fourth-order valence-corrected chi connectivity index (χ4v) is 5.33. The Balaban J connectivity index is 1.22. The van der Waals surface area contributed by atoms with Gasteiger partial charge < -0.3 is 15.0 Å². The highest BCUT2D eigenvalue weighted by molar-refractivity contribution is 5.76. The van der Waals surface area contributed by atoms with Gasteiger partial charge in [-0.1, -0.05) is 24.8 Å². The third-order valence-corrected chi connectivity index (χ3v) is 6.99. The molecule has 5 rings (SSSR count). The Kier molecular flexibility index (Phi) is 5.32. The van der Waals surface area contributed by atoms with Crippen LogP contribution in [0.15, 0.2) is 42.7 Å². The van der Waals surface area contributed by atoms with Crippen LogP contribution in [0.5, 0.6) is 0 Å². The molecule has 164 valence electrons. The average Bonchev–Trinajstić information content (AvgIpc) is 3.49. The molecule has 0 atom stereocenters. The number of fused-ring (bicyclic) bond motifs is 1. The van der Waals surface area contributed by atoms with Crippen molar-refractivity contribution >= 4 is 11.8 Å². The van der Waals surface area contributed by atoms with Crippen LogP contribution in [0.25, 0.3) is 0 Å². The summed E-state index contributed by atoms with van der Waals surface area (Å²) in [4.78, 5) is 17.5. The lowest BCUT2D eigenvalue weighted by Gasteiger charge is -2.45. The first kappa shape index (κ1) is 20.3. The lowest BCUT2D eigenvalue weighted by atomic mass is 9.84. The van der Waals surface area contributed by atoms with Crippen LogP contribution in [0.2, 0.25) is 0 Å². The van der Waals surface area contributed by atoms with E-state index in [2.05, 4.69) is 40.1 Å². The Labute approximate surface area is 183 Å². The number of nitrogens with zero attached hydrogens (tertiary/aromatic N) is 4. The number of nitrogens with one attached hydrogen (secondary N) is 1. The summed E-state index contributed by atoms with van der Waals surface area (Å²) in [7, 11) is 0. The predicted molar refractivity (Wildman–Crippen MR) is 120 cm³/mol. The summed E-state index contributed by atoms with van der Waals surface area (Å²) >= 11 is 0. The molecule has 0 radical (unpaired) electrons. The van der Waals surface area contributed by atoms with Crippen LogP contribution in [0.3, 0.4) is 0 Å². The number of allylic oxidation sites excluding steroid dienone is 1. The zero-order valence-corrected chi connectivity index (χ0v) is 18.3. The lowest BCUT2D eigenvalue weighted by molar-refractivity contribution is 0.0584. The Morgan fingerprint density at radius 3 is 2.77 bits per heavy atom. The SMILES string of the molecule is C=C(C)Nc1ccn(C(=O)N2CCC3(CCCN3Cc3ccc4c(c3)COC4)CC2)n1. The van der Waals surface area contributed by atoms with E-state index in [4.69, 9.17) is 4.74 Å². The van der Waals surface area contributed by atoms with Gasteiger partial charge in [0.15, 0.2) is 5.82 Å². The molecular weight excluding hydrogens is 390 g/mol. The number of aromatic nitrogens is 2. The van der Waals surface area contributed by atoms with Gasteiger partial charge in [-0.3, -0.25) is 4.90 Å². The van der Waals surface area contributed by atoms with Crippen LogP contribution in [-0.2, 0) is 24.5 Å². The smallest absolute Gasteiger partial charge is 0.344 e. The van der Waals surface area contributed by atoms with Crippen LogP contribution in [-0.4, -0.2) is 50.8 Å². The molecule has 1 spiro atoms. The second kappa shape index (κ2) is 8.13. The van der Waals surface area contributed by atoms with Crippen molar-refractivity contribution in [3.63, 3.8) is 0 Å². The highest BCUT2D eigenvalue weighted by Gasteiger charge is 2.43. The Morgan fingerprint density at radius 2 is 1.97 bits per heavy atom. The maximum atomic E-state index is 12.9. The van der Waals surface area contributed by atoms with E-state index in [9.17, 15) is 4.79 Å². The molecular formula is C24H31N5O2. The maximum absolute atomic E-state index is 12.9. The number of piperidine rings is 1. The Hall–Kier alpha value is -2.64. The minimum Gasteiger partial charge on any atom is -0.372 e. The number of carbonyl (C=O) groups is 1. The number of anilines is 1. The number of hydrogen-bond donors (Lipinski definition) is 1. The number of hydrogen-bond acceptors (Lipinski definition) is 5. The van der Waals surface area contributed by atoms with Crippen LogP contribution >= 0.6 is 0 Å². The molecule has 4 heterocycles. The summed E-state index contributed by atoms with van der Waals surface area (Å²) in [5, 5.41) is 7.40. The molecule has 2 fully saturated rings. The summed E-state index contributed by atoms with van der Waals surface area (Å²) in [5.41, 5.74) is 5.05. The largest absolute Gasteiger partial charge is 0.372 e. The van der Waals surface area contributed by atoms with Crippen LogP contribution in [0.4, 0.5) is 10.6 Å². The van der Waals surface area contributed by atoms with E-state index < -0.39 is 0 Å². The van der Waals surface area contributed by atoms with Gasteiger partial charge in [-0.15, -0.1) is 5.10 Å². The maximum Gasteiger partial charge on any atom is 0.344 e. The summed E-state index contributed by atoms with van der Waals surface area (Å²) in [6, 6.07) is 8.56. The first-order valence-electron chi connectivity index (χ1n) is 11.2. The van der Waals surface area contributed by atoms with Gasteiger partial charge in [-0.2, -0.15) is 4.68 Å². The van der Waals surface area contributed by atoms with Gasteiger partial charge in [-0.25, -0.2) is 4.79 Å². The van der Waals surface area contributed by atoms with E-state index in [1.165, 1.54) is 34.2 Å². The topological polar surface area (TPSA) is 62.6 Å². The number of likely N-dealkylation sites (tertiary alicyclic amines) is 2. The molecule has 0 aliphatic carbocycles. The monoisotopic (exact) mass is 421 g/mol. The zero-order valence-electron chi connectivity index (χ0n) is 18.3. The fraction of sp³-hybridized carbons (Fsp3) is 0.500. The van der Waals surface area contributed by atoms with Crippen LogP contribution < -0.4 is 5.32 Å². The molecule has 3 aliphatic rings. The number of amides is 1. The molecule has 7 heteroatoms. The van der Waals surface area contributed by atoms with Crippen molar-refractivity contribution in [3.05, 3.63) is 59.4 Å². The molecule has 0 saturated carbocycles. The summed E-state index contributed by atoms with van der Waals surface area (Å²) in [6.45, 7) is 10.8. The van der Waals surface area contributed by atoms with Crippen LogP contribution in [0.1, 0.15) is 49.3 Å². The van der Waals surface area contributed by atoms with Crippen molar-refractivity contribution in [2.24, 2.45) is 0 Å². The quantitative estimate of drug-likeness (QED) is 0.810. The second-order valence-electron chi connectivity index (χ2n) is 9.17. The van der Waals surface area contributed by atoms with Crippen molar-refractivity contribution < 1.29 is 9.53 Å². The molecule has 2 saturated heterocycles. The van der Waals surface area contributed by atoms with E-state index >= 15 is 0 Å². The third-order valence-electron chi connectivity index (χ3n) is 6.99. The van der Waals surface area contributed by atoms with E-state index in [1.54, 1.807) is 12.3 Å². The van der Waals surface area contributed by atoms with Gasteiger partial charge in [0.2, 0.25) is 0 Å². The summed E-state index contributed by atoms with van der Waals surface area (Å²) in [5.74, 6) is 0.649. The standard InChI is InChI=1S/C24H31N5O2/c1-18(2)25-22-6-11-29(26-22)23(30)27-12-8-24(9-13-27)7-3-10-28(24)15-19-4-5-20-16-31-17-21(20)14-19/h4-6,11,14H,1,3,7-10,12-13,15-17H2,2H3,(H,25,26). The molecule has 1 aromatic carbocycles. The minimum absolute atomic E-state index is 0.0483. The Morgan fingerprint density at radius 1 is 1.16 bits per heavy atom. The van der Waals surface area contributed by atoms with Crippen molar-refractivity contribution in [3.8, 4) is 0 Å². The molecule has 1 aromatic heterocycles. The molecule has 31 heavy (non-hydrogen) atoms. The highest BCUT2D eigenvalue weighted by Crippen LogP contribution is 2.39. The predicted octanol–water partition coefficient (Wildman–Crippen LogP) is 3.96. The van der Waals surface area contributed by atoms with E-state index in [0.29, 0.717) is 5.82 Å². The molecule has 3 aliphatic heterocycles. The normalized spacial score (nSPS) is 20.2. The second-order valence-corrected chi connectivity index (χ2v) is 9.17. The van der Waals surface area contributed by atoms with Crippen molar-refractivity contribution in [1.29, 1.82) is 0 Å². The van der Waals surface area contributed by atoms with Gasteiger partial charge in [0.05, 0.1) is 13.2 Å². The van der Waals surface area contributed by atoms with Gasteiger partial charge in [0.25, 0.3) is 0 Å². The van der Waals surface area contributed by atoms with Gasteiger partial charge >= 0.3 is 6.03 Å². The number of carbonyl (C=O) groups excluding carboxylic acids is 1. The van der Waals surface area contributed by atoms with Gasteiger partial charge in [0, 0.05) is 43.1 Å². The Bertz CT molecular complexity index is 990. The number of benzene rings is 1. The summed E-state index contributed by atoms with van der Waals surface area (Å²) in [6.07, 6.45) is 6.21. The number of ether oxygens (including phenoxy) is 1. The molecule has 0 unspecified atom stereocenters. The first-order valence-corrected chi connectivity index (χ1v) is 11.2. The lowest BCUT2D eigenvalue weighted by Crippen LogP contribution is -2.53. The molecule has 7 nitrogen and oxygen atoms in total. The third kappa shape index (κ3) is 4.00.